The second kappa shape index (κ2) is 7.67. The number of hydrogen-bond donors (Lipinski definition) is 1. The Kier molecular flexibility index (Phi) is 5.81. The lowest BCUT2D eigenvalue weighted by Gasteiger charge is -2.15. The van der Waals surface area contributed by atoms with E-state index in [1.807, 2.05) is 0 Å². The number of anilines is 1. The summed E-state index contributed by atoms with van der Waals surface area (Å²) in [6, 6.07) is 12.3. The summed E-state index contributed by atoms with van der Waals surface area (Å²) in [7, 11) is -3.61. The minimum absolute atomic E-state index is 0.123. The van der Waals surface area contributed by atoms with Crippen molar-refractivity contribution in [1.82, 2.24) is 0 Å². The summed E-state index contributed by atoms with van der Waals surface area (Å²) in [4.78, 5) is 24.2. The maximum atomic E-state index is 12.3. The highest BCUT2D eigenvalue weighted by atomic mass is 35.5. The Bertz CT molecular complexity index is 911. The fourth-order valence-electron chi connectivity index (χ4n) is 2.03. The van der Waals surface area contributed by atoms with Gasteiger partial charge in [-0.05, 0) is 31.2 Å². The number of hydrogen-bond acceptors (Lipinski definition) is 5. The molecule has 1 atom stereocenters. The van der Waals surface area contributed by atoms with E-state index in [0.717, 1.165) is 6.26 Å². The molecule has 0 saturated heterocycles. The molecule has 0 fully saturated rings. The molecule has 0 bridgehead atoms. The van der Waals surface area contributed by atoms with Crippen molar-refractivity contribution in [1.29, 1.82) is 0 Å². The number of halogens is 1. The molecule has 2 rings (SSSR count). The zero-order valence-electron chi connectivity index (χ0n) is 13.5. The second-order valence-corrected chi connectivity index (χ2v) is 7.68. The first-order chi connectivity index (χ1) is 11.7. The Balaban J connectivity index is 2.13. The molecule has 0 aliphatic rings. The molecule has 8 heteroatoms. The van der Waals surface area contributed by atoms with E-state index < -0.39 is 27.8 Å². The number of ether oxygens (including phenoxy) is 1. The number of nitrogens with one attached hydrogen (secondary N) is 1. The first-order valence-electron chi connectivity index (χ1n) is 7.25. The van der Waals surface area contributed by atoms with Crippen LogP contribution < -0.4 is 5.32 Å². The highest BCUT2D eigenvalue weighted by Crippen LogP contribution is 2.21. The van der Waals surface area contributed by atoms with Gasteiger partial charge in [-0.1, -0.05) is 35.9 Å². The number of esters is 1. The van der Waals surface area contributed by atoms with Crippen LogP contribution in [-0.4, -0.2) is 32.7 Å². The monoisotopic (exact) mass is 381 g/mol. The van der Waals surface area contributed by atoms with Crippen molar-refractivity contribution in [2.45, 2.75) is 17.9 Å². The Hall–Kier alpha value is -2.38. The summed E-state index contributed by atoms with van der Waals surface area (Å²) < 4.78 is 28.6. The zero-order chi connectivity index (χ0) is 18.6. The average molecular weight is 382 g/mol. The van der Waals surface area contributed by atoms with Gasteiger partial charge in [0.15, 0.2) is 15.9 Å². The summed E-state index contributed by atoms with van der Waals surface area (Å²) in [5, 5.41) is 2.89. The number of carbonyl (C=O) groups excluding carboxylic acids is 2. The van der Waals surface area contributed by atoms with Gasteiger partial charge in [0.1, 0.15) is 0 Å². The highest BCUT2D eigenvalue weighted by molar-refractivity contribution is 7.90. The summed E-state index contributed by atoms with van der Waals surface area (Å²) in [6.45, 7) is 1.38. The van der Waals surface area contributed by atoms with E-state index in [-0.39, 0.29) is 10.5 Å². The molecule has 0 aliphatic carbocycles. The molecule has 1 amide bonds. The van der Waals surface area contributed by atoms with Gasteiger partial charge >= 0.3 is 5.97 Å². The van der Waals surface area contributed by atoms with Crippen molar-refractivity contribution >= 4 is 39.0 Å². The molecule has 0 unspecified atom stereocenters. The predicted octanol–water partition coefficient (Wildman–Crippen LogP) is 2.93. The average Bonchev–Trinajstić information content (AvgIpc) is 2.56. The molecule has 0 spiro atoms. The maximum Gasteiger partial charge on any atom is 0.340 e. The van der Waals surface area contributed by atoms with Crippen LogP contribution in [0, 0.1) is 0 Å². The standard InChI is InChI=1S/C17H16ClNO5S/c1-11(16(20)19-14-9-5-4-8-13(14)18)24-17(21)12-7-3-6-10-15(12)25(2,22)23/h3-11H,1-2H3,(H,19,20)/t11-/m1/s1. The smallest absolute Gasteiger partial charge is 0.340 e. The van der Waals surface area contributed by atoms with Gasteiger partial charge in [-0.3, -0.25) is 4.79 Å². The number of carbonyl (C=O) groups is 2. The molecule has 0 saturated carbocycles. The first kappa shape index (κ1) is 19.0. The first-order valence-corrected chi connectivity index (χ1v) is 9.52. The van der Waals surface area contributed by atoms with Crippen molar-refractivity contribution in [3.63, 3.8) is 0 Å². The van der Waals surface area contributed by atoms with Crippen molar-refractivity contribution in [3.05, 3.63) is 59.1 Å². The molecule has 2 aromatic rings. The number of sulfone groups is 1. The summed E-state index contributed by atoms with van der Waals surface area (Å²) in [6.07, 6.45) is -0.150. The molecule has 1 N–H and O–H groups in total. The molecule has 0 aliphatic heterocycles. The van der Waals surface area contributed by atoms with Crippen molar-refractivity contribution in [2.24, 2.45) is 0 Å². The Labute approximate surface area is 150 Å². The van der Waals surface area contributed by atoms with Crippen LogP contribution in [0.4, 0.5) is 5.69 Å². The van der Waals surface area contributed by atoms with E-state index in [0.29, 0.717) is 10.7 Å². The Morgan fingerprint density at radius 3 is 2.32 bits per heavy atom. The van der Waals surface area contributed by atoms with E-state index >= 15 is 0 Å². The van der Waals surface area contributed by atoms with E-state index in [4.69, 9.17) is 16.3 Å². The molecule has 6 nitrogen and oxygen atoms in total. The zero-order valence-corrected chi connectivity index (χ0v) is 15.1. The van der Waals surface area contributed by atoms with Crippen molar-refractivity contribution in [2.75, 3.05) is 11.6 Å². The van der Waals surface area contributed by atoms with Gasteiger partial charge in [-0.15, -0.1) is 0 Å². The second-order valence-electron chi connectivity index (χ2n) is 5.28. The third kappa shape index (κ3) is 4.80. The van der Waals surface area contributed by atoms with Crippen LogP contribution in [0.3, 0.4) is 0 Å². The molecular weight excluding hydrogens is 366 g/mol. The van der Waals surface area contributed by atoms with E-state index in [1.165, 1.54) is 31.2 Å². The number of amides is 1. The van der Waals surface area contributed by atoms with E-state index in [2.05, 4.69) is 5.32 Å². The largest absolute Gasteiger partial charge is 0.449 e. The topological polar surface area (TPSA) is 89.5 Å². The minimum atomic E-state index is -3.61. The van der Waals surface area contributed by atoms with E-state index in [1.54, 1.807) is 24.3 Å². The van der Waals surface area contributed by atoms with Gasteiger partial charge in [0, 0.05) is 6.26 Å². The minimum Gasteiger partial charge on any atom is -0.449 e. The molecule has 0 radical (unpaired) electrons. The number of benzene rings is 2. The van der Waals surface area contributed by atoms with Crippen LogP contribution in [0.2, 0.25) is 5.02 Å². The fourth-order valence-corrected chi connectivity index (χ4v) is 3.09. The number of para-hydroxylation sites is 1. The van der Waals surface area contributed by atoms with Crippen LogP contribution in [0.15, 0.2) is 53.4 Å². The van der Waals surface area contributed by atoms with Gasteiger partial charge in [0.05, 0.1) is 21.2 Å². The lowest BCUT2D eigenvalue weighted by Crippen LogP contribution is -2.30. The van der Waals surface area contributed by atoms with Crippen LogP contribution in [0.25, 0.3) is 0 Å². The van der Waals surface area contributed by atoms with Crippen LogP contribution in [-0.2, 0) is 19.4 Å². The molecule has 25 heavy (non-hydrogen) atoms. The van der Waals surface area contributed by atoms with Crippen LogP contribution in [0.1, 0.15) is 17.3 Å². The summed E-state index contributed by atoms with van der Waals surface area (Å²) in [5.74, 6) is -1.49. The lowest BCUT2D eigenvalue weighted by atomic mass is 10.2. The fraction of sp³-hybridized carbons (Fsp3) is 0.176. The van der Waals surface area contributed by atoms with Gasteiger partial charge in [0.25, 0.3) is 5.91 Å². The SMILES string of the molecule is C[C@@H](OC(=O)c1ccccc1S(C)(=O)=O)C(=O)Nc1ccccc1Cl. The molecule has 2 aromatic carbocycles. The van der Waals surface area contributed by atoms with Crippen LogP contribution in [0.5, 0.6) is 0 Å². The molecular formula is C17H16ClNO5S. The van der Waals surface area contributed by atoms with Crippen LogP contribution >= 0.6 is 11.6 Å². The summed E-state index contributed by atoms with van der Waals surface area (Å²) >= 11 is 5.96. The number of rotatable bonds is 5. The maximum absolute atomic E-state index is 12.3. The van der Waals surface area contributed by atoms with Gasteiger partial charge in [0.2, 0.25) is 0 Å². The van der Waals surface area contributed by atoms with Gasteiger partial charge in [-0.25, -0.2) is 13.2 Å². The Morgan fingerprint density at radius 1 is 1.08 bits per heavy atom. The van der Waals surface area contributed by atoms with E-state index in [9.17, 15) is 18.0 Å². The molecule has 132 valence electrons. The Morgan fingerprint density at radius 2 is 1.68 bits per heavy atom. The lowest BCUT2D eigenvalue weighted by molar-refractivity contribution is -0.123. The predicted molar refractivity (Wildman–Crippen MR) is 94.5 cm³/mol. The van der Waals surface area contributed by atoms with Gasteiger partial charge < -0.3 is 10.1 Å². The summed E-state index contributed by atoms with van der Waals surface area (Å²) in [5.41, 5.74) is 0.260. The quantitative estimate of drug-likeness (QED) is 0.804. The third-order valence-corrected chi connectivity index (χ3v) is 4.78. The molecule has 0 aromatic heterocycles. The van der Waals surface area contributed by atoms with Gasteiger partial charge in [-0.2, -0.15) is 0 Å². The van der Waals surface area contributed by atoms with Crippen molar-refractivity contribution in [3.8, 4) is 0 Å². The normalized spacial score (nSPS) is 12.3. The third-order valence-electron chi connectivity index (χ3n) is 3.29. The highest BCUT2D eigenvalue weighted by Gasteiger charge is 2.24. The van der Waals surface area contributed by atoms with Crippen molar-refractivity contribution < 1.29 is 22.7 Å². The molecule has 0 heterocycles.